The van der Waals surface area contributed by atoms with Crippen molar-refractivity contribution in [1.29, 1.82) is 0 Å². The average molecular weight is 291 g/mol. The van der Waals surface area contributed by atoms with E-state index in [1.165, 1.54) is 5.57 Å². The zero-order chi connectivity index (χ0) is 15.4. The number of aryl methyl sites for hydroxylation is 1. The van der Waals surface area contributed by atoms with E-state index in [9.17, 15) is 4.79 Å². The fourth-order valence-corrected chi connectivity index (χ4v) is 3.36. The van der Waals surface area contributed by atoms with Gasteiger partial charge in [-0.2, -0.15) is 0 Å². The van der Waals surface area contributed by atoms with Crippen LogP contribution in [0.1, 0.15) is 23.9 Å². The third kappa shape index (κ3) is 1.65. The van der Waals surface area contributed by atoms with E-state index in [1.54, 1.807) is 4.57 Å². The molecule has 0 unspecified atom stereocenters. The maximum absolute atomic E-state index is 12.6. The van der Waals surface area contributed by atoms with Crippen molar-refractivity contribution in [1.82, 2.24) is 4.57 Å². The summed E-state index contributed by atoms with van der Waals surface area (Å²) in [6.45, 7) is 4.06. The first-order chi connectivity index (χ1) is 10.6. The van der Waals surface area contributed by atoms with Crippen LogP contribution in [0.25, 0.3) is 27.7 Å². The summed E-state index contributed by atoms with van der Waals surface area (Å²) in [4.78, 5) is 12.6. The van der Waals surface area contributed by atoms with Crippen LogP contribution in [-0.2, 0) is 13.5 Å². The second-order valence-corrected chi connectivity index (χ2v) is 5.92. The number of benzene rings is 1. The predicted octanol–water partition coefficient (Wildman–Crippen LogP) is 4.07. The SMILES string of the molecule is CC1=CCc2c(c3ccccc3c(=O)n2C)-c2oc(C)cc21. The highest BCUT2D eigenvalue weighted by molar-refractivity contribution is 5.99. The normalized spacial score (nSPS) is 13.5. The van der Waals surface area contributed by atoms with Gasteiger partial charge in [-0.05, 0) is 36.9 Å². The summed E-state index contributed by atoms with van der Waals surface area (Å²) < 4.78 is 7.79. The van der Waals surface area contributed by atoms with E-state index in [-0.39, 0.29) is 5.56 Å². The van der Waals surface area contributed by atoms with E-state index in [0.29, 0.717) is 0 Å². The van der Waals surface area contributed by atoms with E-state index in [2.05, 4.69) is 19.1 Å². The van der Waals surface area contributed by atoms with Gasteiger partial charge in [0.15, 0.2) is 0 Å². The number of hydrogen-bond donors (Lipinski definition) is 0. The molecule has 0 spiro atoms. The molecule has 3 nitrogen and oxygen atoms in total. The summed E-state index contributed by atoms with van der Waals surface area (Å²) in [5, 5.41) is 1.71. The van der Waals surface area contributed by atoms with Crippen LogP contribution < -0.4 is 5.56 Å². The Bertz CT molecular complexity index is 1000. The van der Waals surface area contributed by atoms with Crippen molar-refractivity contribution >= 4 is 16.3 Å². The van der Waals surface area contributed by atoms with E-state index < -0.39 is 0 Å². The third-order valence-corrected chi connectivity index (χ3v) is 4.53. The first-order valence-corrected chi connectivity index (χ1v) is 7.46. The van der Waals surface area contributed by atoms with E-state index in [1.807, 2.05) is 38.2 Å². The quantitative estimate of drug-likeness (QED) is 0.626. The number of aromatic nitrogens is 1. The first kappa shape index (κ1) is 13.1. The lowest BCUT2D eigenvalue weighted by Gasteiger charge is -2.14. The van der Waals surface area contributed by atoms with Crippen LogP contribution in [0.3, 0.4) is 0 Å². The van der Waals surface area contributed by atoms with Crippen molar-refractivity contribution < 1.29 is 4.42 Å². The minimum atomic E-state index is 0.0483. The summed E-state index contributed by atoms with van der Waals surface area (Å²) >= 11 is 0. The maximum atomic E-state index is 12.6. The minimum Gasteiger partial charge on any atom is -0.461 e. The Labute approximate surface area is 128 Å². The molecule has 1 aromatic carbocycles. The number of fused-ring (bicyclic) bond motifs is 5. The van der Waals surface area contributed by atoms with Crippen LogP contribution in [0.15, 0.2) is 45.6 Å². The molecule has 0 atom stereocenters. The van der Waals surface area contributed by atoms with Crippen molar-refractivity contribution in [3.8, 4) is 11.3 Å². The number of nitrogens with zero attached hydrogens (tertiary/aromatic N) is 1. The Balaban J connectivity index is 2.26. The molecule has 110 valence electrons. The zero-order valence-electron chi connectivity index (χ0n) is 12.9. The van der Waals surface area contributed by atoms with Gasteiger partial charge < -0.3 is 8.98 Å². The predicted molar refractivity (Wildman–Crippen MR) is 89.0 cm³/mol. The molecule has 4 rings (SSSR count). The summed E-state index contributed by atoms with van der Waals surface area (Å²) in [5.74, 6) is 1.77. The highest BCUT2D eigenvalue weighted by atomic mass is 16.3. The molecular formula is C19H17NO2. The van der Waals surface area contributed by atoms with Crippen LogP contribution in [0, 0.1) is 6.92 Å². The van der Waals surface area contributed by atoms with Gasteiger partial charge in [-0.1, -0.05) is 24.3 Å². The van der Waals surface area contributed by atoms with Crippen molar-refractivity contribution in [3.63, 3.8) is 0 Å². The van der Waals surface area contributed by atoms with Gasteiger partial charge in [-0.15, -0.1) is 0 Å². The molecule has 3 heteroatoms. The first-order valence-electron chi connectivity index (χ1n) is 7.46. The van der Waals surface area contributed by atoms with Crippen molar-refractivity contribution in [3.05, 3.63) is 63.8 Å². The summed E-state index contributed by atoms with van der Waals surface area (Å²) in [6.07, 6.45) is 2.91. The second-order valence-electron chi connectivity index (χ2n) is 5.92. The monoisotopic (exact) mass is 291 g/mol. The molecular weight excluding hydrogens is 274 g/mol. The largest absolute Gasteiger partial charge is 0.461 e. The molecule has 0 saturated heterocycles. The molecule has 2 heterocycles. The molecule has 0 radical (unpaired) electrons. The maximum Gasteiger partial charge on any atom is 0.258 e. The van der Waals surface area contributed by atoms with Crippen molar-refractivity contribution in [2.45, 2.75) is 20.3 Å². The van der Waals surface area contributed by atoms with Gasteiger partial charge in [-0.3, -0.25) is 4.79 Å². The Hall–Kier alpha value is -2.55. The Morgan fingerprint density at radius 2 is 1.86 bits per heavy atom. The summed E-state index contributed by atoms with van der Waals surface area (Å²) in [7, 11) is 1.84. The molecule has 3 aromatic rings. The molecule has 0 aliphatic heterocycles. The molecule has 0 fully saturated rings. The van der Waals surface area contributed by atoms with Gasteiger partial charge in [0, 0.05) is 35.7 Å². The lowest BCUT2D eigenvalue weighted by atomic mass is 9.99. The fraction of sp³-hybridized carbons (Fsp3) is 0.211. The van der Waals surface area contributed by atoms with Gasteiger partial charge in [0.25, 0.3) is 5.56 Å². The minimum absolute atomic E-state index is 0.0483. The fourth-order valence-electron chi connectivity index (χ4n) is 3.36. The molecule has 0 bridgehead atoms. The average Bonchev–Trinajstić information content (AvgIpc) is 2.85. The highest BCUT2D eigenvalue weighted by Gasteiger charge is 2.24. The second kappa shape index (κ2) is 4.47. The van der Waals surface area contributed by atoms with E-state index in [0.717, 1.165) is 45.5 Å². The van der Waals surface area contributed by atoms with Crippen molar-refractivity contribution in [2.75, 3.05) is 0 Å². The smallest absolute Gasteiger partial charge is 0.258 e. The molecule has 0 saturated carbocycles. The van der Waals surface area contributed by atoms with Gasteiger partial charge in [-0.25, -0.2) is 0 Å². The summed E-state index contributed by atoms with van der Waals surface area (Å²) in [6, 6.07) is 9.86. The van der Waals surface area contributed by atoms with Crippen molar-refractivity contribution in [2.24, 2.45) is 7.05 Å². The Morgan fingerprint density at radius 1 is 1.14 bits per heavy atom. The number of rotatable bonds is 0. The van der Waals surface area contributed by atoms with Gasteiger partial charge in [0.2, 0.25) is 0 Å². The lowest BCUT2D eigenvalue weighted by Crippen LogP contribution is -2.21. The molecule has 0 amide bonds. The molecule has 2 aromatic heterocycles. The Morgan fingerprint density at radius 3 is 2.64 bits per heavy atom. The van der Waals surface area contributed by atoms with E-state index >= 15 is 0 Å². The molecule has 22 heavy (non-hydrogen) atoms. The molecule has 0 N–H and O–H groups in total. The number of allylic oxidation sites excluding steroid dienone is 2. The molecule has 1 aliphatic carbocycles. The van der Waals surface area contributed by atoms with Gasteiger partial charge in [0.1, 0.15) is 11.5 Å². The number of pyridine rings is 1. The van der Waals surface area contributed by atoms with E-state index in [4.69, 9.17) is 4.42 Å². The zero-order valence-corrected chi connectivity index (χ0v) is 12.9. The lowest BCUT2D eigenvalue weighted by molar-refractivity contribution is 0.547. The highest BCUT2D eigenvalue weighted by Crippen LogP contribution is 2.40. The van der Waals surface area contributed by atoms with Crippen LogP contribution in [0.5, 0.6) is 0 Å². The number of furan rings is 1. The standard InChI is InChI=1S/C19H17NO2/c1-11-8-9-16-17(18-15(11)10-12(2)22-18)13-6-4-5-7-14(13)19(21)20(16)3/h4-8,10H,9H2,1-3H3. The van der Waals surface area contributed by atoms with Gasteiger partial charge in [0.05, 0.1) is 0 Å². The van der Waals surface area contributed by atoms with Gasteiger partial charge >= 0.3 is 0 Å². The Kier molecular flexibility index (Phi) is 2.67. The number of hydrogen-bond acceptors (Lipinski definition) is 2. The molecule has 1 aliphatic rings. The topological polar surface area (TPSA) is 35.1 Å². The summed E-state index contributed by atoms with van der Waals surface area (Å²) in [5.41, 5.74) is 4.43. The van der Waals surface area contributed by atoms with Crippen LogP contribution in [0.2, 0.25) is 0 Å². The van der Waals surface area contributed by atoms with Crippen LogP contribution >= 0.6 is 0 Å². The third-order valence-electron chi connectivity index (χ3n) is 4.53. The van der Waals surface area contributed by atoms with Crippen LogP contribution in [0.4, 0.5) is 0 Å². The van der Waals surface area contributed by atoms with Crippen LogP contribution in [-0.4, -0.2) is 4.57 Å².